The van der Waals surface area contributed by atoms with E-state index < -0.39 is 8.32 Å². The normalized spacial score (nSPS) is 11.9. The molecule has 0 bridgehead atoms. The molecule has 0 aromatic heterocycles. The molecule has 0 aliphatic rings. The maximum atomic E-state index is 5.44. The molecule has 0 spiro atoms. The third-order valence-corrected chi connectivity index (χ3v) is 8.05. The van der Waals surface area contributed by atoms with Crippen LogP contribution in [0.5, 0.6) is 0 Å². The molecule has 0 saturated heterocycles. The van der Waals surface area contributed by atoms with Gasteiger partial charge in [-0.25, -0.2) is 0 Å². The average molecular weight is 158 g/mol. The van der Waals surface area contributed by atoms with Gasteiger partial charge in [0.1, 0.15) is 0 Å². The third kappa shape index (κ3) is 2.43. The molecule has 9 heavy (non-hydrogen) atoms. The van der Waals surface area contributed by atoms with Crippen LogP contribution in [-0.2, 0) is 3.48 Å². The number of hydrogen-bond acceptors (Lipinski definition) is 1. The Morgan fingerprint density at radius 1 is 1.11 bits per heavy atom. The fourth-order valence-electron chi connectivity index (χ4n) is 1.00. The highest BCUT2D eigenvalue weighted by atomic mass is 28.4. The fraction of sp³-hybridized carbons (Fsp3) is 1.00. The lowest BCUT2D eigenvalue weighted by Crippen LogP contribution is -2.34. The summed E-state index contributed by atoms with van der Waals surface area (Å²) < 4.78 is 5.44. The Morgan fingerprint density at radius 3 is 1.44 bits per heavy atom. The molecule has 52 valence electrons. The average Bonchev–Trinajstić information content (AvgIpc) is 1.95. The Balaban J connectivity index is 3.82. The summed E-state index contributed by atoms with van der Waals surface area (Å²) in [7, 11) is -1.23. The van der Waals surface area contributed by atoms with Gasteiger partial charge in [-0.2, -0.15) is 0 Å². The van der Waals surface area contributed by atoms with Crippen molar-refractivity contribution < 1.29 is 3.48 Å². The van der Waals surface area contributed by atoms with Gasteiger partial charge in [-0.3, -0.25) is 0 Å². The first-order valence-corrected chi connectivity index (χ1v) is 6.62. The predicted octanol–water partition coefficient (Wildman–Crippen LogP) is 2.09. The molecular formula is C6H15AlOSi. The van der Waals surface area contributed by atoms with E-state index in [0.29, 0.717) is 0 Å². The lowest BCUT2D eigenvalue weighted by molar-refractivity contribution is 0.587. The first-order chi connectivity index (χ1) is 4.24. The summed E-state index contributed by atoms with van der Waals surface area (Å²) in [6.45, 7) is 6.68. The third-order valence-electron chi connectivity index (χ3n) is 2.18. The van der Waals surface area contributed by atoms with E-state index in [1.54, 1.807) is 0 Å². The molecule has 0 atom stereocenters. The Kier molecular flexibility index (Phi) is 4.87. The van der Waals surface area contributed by atoms with E-state index in [2.05, 4.69) is 37.4 Å². The summed E-state index contributed by atoms with van der Waals surface area (Å²) in [5.41, 5.74) is 0. The van der Waals surface area contributed by atoms with Gasteiger partial charge in [0.25, 0.3) is 0 Å². The molecule has 0 heterocycles. The smallest absolute Gasteiger partial charge is 0.354 e. The maximum absolute atomic E-state index is 5.44. The minimum absolute atomic E-state index is 1.23. The summed E-state index contributed by atoms with van der Waals surface area (Å²) in [6.07, 6.45) is 0. The van der Waals surface area contributed by atoms with Gasteiger partial charge in [0.2, 0.25) is 0 Å². The van der Waals surface area contributed by atoms with Gasteiger partial charge in [-0.05, 0) is 18.1 Å². The van der Waals surface area contributed by atoms with Gasteiger partial charge in [0.05, 0.1) is 0 Å². The monoisotopic (exact) mass is 158 g/mol. The fourth-order valence-corrected chi connectivity index (χ4v) is 4.50. The molecule has 1 nitrogen and oxygen atoms in total. The van der Waals surface area contributed by atoms with Crippen molar-refractivity contribution in [2.24, 2.45) is 0 Å². The van der Waals surface area contributed by atoms with Gasteiger partial charge >= 0.3 is 16.6 Å². The minimum atomic E-state index is -1.23. The van der Waals surface area contributed by atoms with Crippen molar-refractivity contribution in [3.63, 3.8) is 0 Å². The van der Waals surface area contributed by atoms with Crippen LogP contribution in [0.15, 0.2) is 0 Å². The first kappa shape index (κ1) is 9.71. The highest BCUT2D eigenvalue weighted by Crippen LogP contribution is 2.19. The predicted molar refractivity (Wildman–Crippen MR) is 44.0 cm³/mol. The van der Waals surface area contributed by atoms with Gasteiger partial charge < -0.3 is 3.48 Å². The highest BCUT2D eigenvalue weighted by molar-refractivity contribution is 6.75. The molecule has 0 aliphatic carbocycles. The molecule has 0 amide bonds. The van der Waals surface area contributed by atoms with Gasteiger partial charge in [-0.15, -0.1) is 0 Å². The lowest BCUT2D eigenvalue weighted by Gasteiger charge is -2.27. The van der Waals surface area contributed by atoms with E-state index in [1.165, 1.54) is 18.1 Å². The van der Waals surface area contributed by atoms with Gasteiger partial charge in [-0.1, -0.05) is 20.8 Å². The Labute approximate surface area is 67.7 Å². The minimum Gasteiger partial charge on any atom is -0.558 e. The van der Waals surface area contributed by atoms with Crippen LogP contribution in [0.4, 0.5) is 0 Å². The van der Waals surface area contributed by atoms with Crippen molar-refractivity contribution in [1.29, 1.82) is 0 Å². The molecule has 0 aromatic rings. The van der Waals surface area contributed by atoms with Crippen LogP contribution >= 0.6 is 0 Å². The Bertz CT molecular complexity index is 55.9. The van der Waals surface area contributed by atoms with Crippen LogP contribution in [0, 0.1) is 0 Å². The van der Waals surface area contributed by atoms with Crippen molar-refractivity contribution in [1.82, 2.24) is 0 Å². The van der Waals surface area contributed by atoms with Crippen molar-refractivity contribution in [3.05, 3.63) is 0 Å². The second-order valence-corrected chi connectivity index (χ2v) is 7.79. The molecule has 0 rings (SSSR count). The van der Waals surface area contributed by atoms with Crippen molar-refractivity contribution in [2.75, 3.05) is 0 Å². The lowest BCUT2D eigenvalue weighted by atomic mass is 10.9. The van der Waals surface area contributed by atoms with E-state index in [0.717, 1.165) is 0 Å². The topological polar surface area (TPSA) is 9.23 Å². The largest absolute Gasteiger partial charge is 0.558 e. The van der Waals surface area contributed by atoms with Gasteiger partial charge in [0, 0.05) is 0 Å². The zero-order chi connectivity index (χ0) is 7.33. The van der Waals surface area contributed by atoms with E-state index in [-0.39, 0.29) is 0 Å². The zero-order valence-electron chi connectivity index (χ0n) is 6.61. The van der Waals surface area contributed by atoms with Crippen LogP contribution in [0.2, 0.25) is 18.1 Å². The van der Waals surface area contributed by atoms with Crippen molar-refractivity contribution >= 4 is 24.9 Å². The Hall–Kier alpha value is 0.709. The van der Waals surface area contributed by atoms with Crippen LogP contribution in [0.1, 0.15) is 20.8 Å². The summed E-state index contributed by atoms with van der Waals surface area (Å²) in [5.74, 6) is 0. The first-order valence-electron chi connectivity index (χ1n) is 3.62. The SMILES string of the molecule is CC[Si](CC)(CC)[O][Al]. The van der Waals surface area contributed by atoms with Crippen LogP contribution in [0.25, 0.3) is 0 Å². The van der Waals surface area contributed by atoms with Gasteiger partial charge in [0.15, 0.2) is 8.32 Å². The summed E-state index contributed by atoms with van der Waals surface area (Å²) in [4.78, 5) is 0. The number of rotatable bonds is 4. The Morgan fingerprint density at radius 2 is 1.44 bits per heavy atom. The summed E-state index contributed by atoms with van der Waals surface area (Å²) >= 11 is 2.42. The quantitative estimate of drug-likeness (QED) is 0.569. The molecule has 3 heteroatoms. The van der Waals surface area contributed by atoms with E-state index >= 15 is 0 Å². The second-order valence-electron chi connectivity index (χ2n) is 2.36. The van der Waals surface area contributed by atoms with E-state index in [4.69, 9.17) is 3.48 Å². The molecular weight excluding hydrogens is 143 g/mol. The molecule has 0 unspecified atom stereocenters. The van der Waals surface area contributed by atoms with Crippen LogP contribution < -0.4 is 0 Å². The maximum Gasteiger partial charge on any atom is 0.354 e. The highest BCUT2D eigenvalue weighted by Gasteiger charge is 2.24. The van der Waals surface area contributed by atoms with Crippen molar-refractivity contribution in [2.45, 2.75) is 38.9 Å². The molecule has 0 fully saturated rings. The molecule has 0 aromatic carbocycles. The summed E-state index contributed by atoms with van der Waals surface area (Å²) in [5, 5.41) is 0. The zero-order valence-corrected chi connectivity index (χ0v) is 8.76. The molecule has 2 radical (unpaired) electrons. The summed E-state index contributed by atoms with van der Waals surface area (Å²) in [6, 6.07) is 3.72. The van der Waals surface area contributed by atoms with E-state index in [1.807, 2.05) is 0 Å². The molecule has 0 saturated carbocycles. The standard InChI is InChI=1S/C6H15OSi.Al/c1-4-8(7,5-2)6-3;/h4-6H2,1-3H3;/q-1;+1. The second kappa shape index (κ2) is 4.51. The van der Waals surface area contributed by atoms with E-state index in [9.17, 15) is 0 Å². The van der Waals surface area contributed by atoms with Crippen molar-refractivity contribution in [3.8, 4) is 0 Å². The van der Waals surface area contributed by atoms with Crippen LogP contribution in [0.3, 0.4) is 0 Å². The number of hydrogen-bond donors (Lipinski definition) is 0. The molecule has 0 aliphatic heterocycles. The van der Waals surface area contributed by atoms with Crippen LogP contribution in [-0.4, -0.2) is 24.9 Å². The molecule has 0 N–H and O–H groups in total.